The molecule has 24 heavy (non-hydrogen) atoms. The zero-order valence-electron chi connectivity index (χ0n) is 13.8. The summed E-state index contributed by atoms with van der Waals surface area (Å²) < 4.78 is 5.66. The Labute approximate surface area is 141 Å². The van der Waals surface area contributed by atoms with Crippen LogP contribution in [0.3, 0.4) is 0 Å². The molecule has 1 aromatic carbocycles. The number of benzene rings is 1. The van der Waals surface area contributed by atoms with E-state index in [1.54, 1.807) is 30.6 Å². The van der Waals surface area contributed by atoms with Crippen LogP contribution in [0.15, 0.2) is 42.9 Å². The highest BCUT2D eigenvalue weighted by Crippen LogP contribution is 2.26. The van der Waals surface area contributed by atoms with Crippen LogP contribution >= 0.6 is 0 Å². The molecule has 1 saturated heterocycles. The van der Waals surface area contributed by atoms with Crippen molar-refractivity contribution in [3.05, 3.63) is 48.4 Å². The predicted molar refractivity (Wildman–Crippen MR) is 90.8 cm³/mol. The van der Waals surface area contributed by atoms with E-state index in [-0.39, 0.29) is 11.9 Å². The van der Waals surface area contributed by atoms with E-state index in [1.807, 2.05) is 11.0 Å². The highest BCUT2D eigenvalue weighted by atomic mass is 16.5. The van der Waals surface area contributed by atoms with Crippen LogP contribution in [0.5, 0.6) is 11.6 Å². The van der Waals surface area contributed by atoms with Crippen molar-refractivity contribution in [2.24, 2.45) is 11.7 Å². The third-order valence-corrected chi connectivity index (χ3v) is 4.46. The minimum atomic E-state index is 0.00148. The van der Waals surface area contributed by atoms with Crippen molar-refractivity contribution < 1.29 is 9.53 Å². The van der Waals surface area contributed by atoms with Crippen molar-refractivity contribution in [3.63, 3.8) is 0 Å². The number of rotatable bonds is 4. The number of carbonyl (C=O) groups is 1. The lowest BCUT2D eigenvalue weighted by Gasteiger charge is -2.39. The van der Waals surface area contributed by atoms with Gasteiger partial charge >= 0.3 is 0 Å². The van der Waals surface area contributed by atoms with Crippen molar-refractivity contribution in [1.29, 1.82) is 0 Å². The maximum absolute atomic E-state index is 12.9. The number of piperidine rings is 1. The Morgan fingerprint density at radius 2 is 2.29 bits per heavy atom. The van der Waals surface area contributed by atoms with Crippen molar-refractivity contribution in [1.82, 2.24) is 14.9 Å². The summed E-state index contributed by atoms with van der Waals surface area (Å²) in [7, 11) is 0. The first kappa shape index (κ1) is 16.4. The quantitative estimate of drug-likeness (QED) is 0.933. The average molecular weight is 326 g/mol. The number of carbonyl (C=O) groups excluding carboxylic acids is 1. The second kappa shape index (κ2) is 7.40. The smallest absolute Gasteiger partial charge is 0.254 e. The Hall–Kier alpha value is -2.47. The summed E-state index contributed by atoms with van der Waals surface area (Å²) in [4.78, 5) is 22.8. The SMILES string of the molecule is C[C@H]1CCCN(C(=O)c2cccc(Oc3cnccn3)c2)[C@@H]1CN. The summed E-state index contributed by atoms with van der Waals surface area (Å²) in [5, 5.41) is 0. The van der Waals surface area contributed by atoms with E-state index in [4.69, 9.17) is 10.5 Å². The highest BCUT2D eigenvalue weighted by molar-refractivity contribution is 5.95. The van der Waals surface area contributed by atoms with Crippen LogP contribution in [0.4, 0.5) is 0 Å². The molecule has 126 valence electrons. The van der Waals surface area contributed by atoms with E-state index in [0.29, 0.717) is 29.7 Å². The number of likely N-dealkylation sites (tertiary alicyclic amines) is 1. The third-order valence-electron chi connectivity index (χ3n) is 4.46. The maximum atomic E-state index is 12.9. The molecular formula is C18H22N4O2. The van der Waals surface area contributed by atoms with E-state index in [2.05, 4.69) is 16.9 Å². The summed E-state index contributed by atoms with van der Waals surface area (Å²) in [5.41, 5.74) is 6.50. The average Bonchev–Trinajstić information content (AvgIpc) is 2.62. The van der Waals surface area contributed by atoms with Crippen LogP contribution < -0.4 is 10.5 Å². The molecule has 2 N–H and O–H groups in total. The second-order valence-corrected chi connectivity index (χ2v) is 6.09. The lowest BCUT2D eigenvalue weighted by atomic mass is 9.90. The normalized spacial score (nSPS) is 20.7. The summed E-state index contributed by atoms with van der Waals surface area (Å²) in [6.45, 7) is 3.40. The summed E-state index contributed by atoms with van der Waals surface area (Å²) in [5.74, 6) is 1.39. The molecule has 1 aliphatic heterocycles. The highest BCUT2D eigenvalue weighted by Gasteiger charge is 2.31. The molecule has 2 atom stereocenters. The minimum Gasteiger partial charge on any atom is -0.437 e. The van der Waals surface area contributed by atoms with Gasteiger partial charge in [0.25, 0.3) is 5.91 Å². The summed E-state index contributed by atoms with van der Waals surface area (Å²) >= 11 is 0. The Morgan fingerprint density at radius 3 is 3.04 bits per heavy atom. The molecule has 2 aromatic rings. The zero-order valence-corrected chi connectivity index (χ0v) is 13.8. The summed E-state index contributed by atoms with van der Waals surface area (Å²) in [6.07, 6.45) is 6.80. The van der Waals surface area contributed by atoms with Gasteiger partial charge in [-0.3, -0.25) is 9.78 Å². The molecule has 3 rings (SSSR count). The monoisotopic (exact) mass is 326 g/mol. The second-order valence-electron chi connectivity index (χ2n) is 6.09. The van der Waals surface area contributed by atoms with E-state index in [1.165, 1.54) is 6.20 Å². The first-order valence-electron chi connectivity index (χ1n) is 8.24. The number of hydrogen-bond acceptors (Lipinski definition) is 5. The molecule has 0 spiro atoms. The van der Waals surface area contributed by atoms with Gasteiger partial charge in [-0.25, -0.2) is 4.98 Å². The van der Waals surface area contributed by atoms with Gasteiger partial charge in [0.2, 0.25) is 5.88 Å². The fourth-order valence-electron chi connectivity index (χ4n) is 3.18. The van der Waals surface area contributed by atoms with Gasteiger partial charge < -0.3 is 15.4 Å². The Kier molecular flexibility index (Phi) is 5.05. The lowest BCUT2D eigenvalue weighted by Crippen LogP contribution is -2.51. The molecule has 1 fully saturated rings. The standard InChI is InChI=1S/C18H22N4O2/c1-13-4-3-9-22(16(13)11-19)18(23)14-5-2-6-15(10-14)24-17-12-20-7-8-21-17/h2,5-8,10,12-13,16H,3-4,9,11,19H2,1H3/t13-,16+/m0/s1. The van der Waals surface area contributed by atoms with E-state index >= 15 is 0 Å². The van der Waals surface area contributed by atoms with Crippen LogP contribution in [0.2, 0.25) is 0 Å². The van der Waals surface area contributed by atoms with Crippen LogP contribution in [-0.2, 0) is 0 Å². The van der Waals surface area contributed by atoms with Crippen molar-refractivity contribution >= 4 is 5.91 Å². The van der Waals surface area contributed by atoms with Crippen LogP contribution in [0.25, 0.3) is 0 Å². The molecule has 2 heterocycles. The molecule has 1 amide bonds. The molecule has 1 aliphatic rings. The number of ether oxygens (including phenoxy) is 1. The minimum absolute atomic E-state index is 0.00148. The molecule has 6 heteroatoms. The molecule has 0 unspecified atom stereocenters. The Bertz CT molecular complexity index is 692. The maximum Gasteiger partial charge on any atom is 0.254 e. The molecule has 0 radical (unpaired) electrons. The van der Waals surface area contributed by atoms with Gasteiger partial charge in [0, 0.05) is 37.1 Å². The number of nitrogens with two attached hydrogens (primary N) is 1. The third kappa shape index (κ3) is 3.54. The van der Waals surface area contributed by atoms with Gasteiger partial charge in [-0.2, -0.15) is 0 Å². The Balaban J connectivity index is 1.79. The molecule has 0 bridgehead atoms. The van der Waals surface area contributed by atoms with E-state index < -0.39 is 0 Å². The van der Waals surface area contributed by atoms with Gasteiger partial charge in [-0.05, 0) is 37.0 Å². The van der Waals surface area contributed by atoms with Crippen molar-refractivity contribution in [3.8, 4) is 11.6 Å². The van der Waals surface area contributed by atoms with Gasteiger partial charge in [-0.1, -0.05) is 13.0 Å². The van der Waals surface area contributed by atoms with Crippen LogP contribution in [0.1, 0.15) is 30.1 Å². The molecule has 6 nitrogen and oxygen atoms in total. The molecule has 1 aromatic heterocycles. The molecule has 0 saturated carbocycles. The number of nitrogens with zero attached hydrogens (tertiary/aromatic N) is 3. The summed E-state index contributed by atoms with van der Waals surface area (Å²) in [6, 6.07) is 7.24. The first-order valence-corrected chi connectivity index (χ1v) is 8.24. The molecule has 0 aliphatic carbocycles. The predicted octanol–water partition coefficient (Wildman–Crippen LogP) is 2.47. The largest absolute Gasteiger partial charge is 0.437 e. The van der Waals surface area contributed by atoms with Crippen molar-refractivity contribution in [2.75, 3.05) is 13.1 Å². The van der Waals surface area contributed by atoms with Gasteiger partial charge in [0.1, 0.15) is 5.75 Å². The Morgan fingerprint density at radius 1 is 1.42 bits per heavy atom. The lowest BCUT2D eigenvalue weighted by molar-refractivity contribution is 0.0532. The van der Waals surface area contributed by atoms with E-state index in [0.717, 1.165) is 19.4 Å². The topological polar surface area (TPSA) is 81.3 Å². The van der Waals surface area contributed by atoms with Crippen LogP contribution in [-0.4, -0.2) is 39.9 Å². The van der Waals surface area contributed by atoms with Crippen molar-refractivity contribution in [2.45, 2.75) is 25.8 Å². The van der Waals surface area contributed by atoms with Gasteiger partial charge in [-0.15, -0.1) is 0 Å². The van der Waals surface area contributed by atoms with E-state index in [9.17, 15) is 4.79 Å². The number of aromatic nitrogens is 2. The first-order chi connectivity index (χ1) is 11.7. The fraction of sp³-hybridized carbons (Fsp3) is 0.389. The van der Waals surface area contributed by atoms with Crippen LogP contribution in [0, 0.1) is 5.92 Å². The van der Waals surface area contributed by atoms with Gasteiger partial charge in [0.15, 0.2) is 0 Å². The number of hydrogen-bond donors (Lipinski definition) is 1. The van der Waals surface area contributed by atoms with Gasteiger partial charge in [0.05, 0.1) is 6.20 Å². The number of amides is 1. The zero-order chi connectivity index (χ0) is 16.9. The fourth-order valence-corrected chi connectivity index (χ4v) is 3.18. The molecular weight excluding hydrogens is 304 g/mol.